The lowest BCUT2D eigenvalue weighted by Crippen LogP contribution is -2.71. The zero-order chi connectivity index (χ0) is 10.8. The molecule has 0 aromatic rings. The van der Waals surface area contributed by atoms with E-state index in [2.05, 4.69) is 21.1 Å². The summed E-state index contributed by atoms with van der Waals surface area (Å²) in [6, 6.07) is 0. The second-order valence-corrected chi connectivity index (χ2v) is 4.97. The van der Waals surface area contributed by atoms with Gasteiger partial charge in [0.1, 0.15) is 5.66 Å². The van der Waals surface area contributed by atoms with E-state index in [4.69, 9.17) is 5.32 Å². The van der Waals surface area contributed by atoms with Crippen LogP contribution in [0.15, 0.2) is 0 Å². The largest absolute Gasteiger partial charge is 0.298 e. The van der Waals surface area contributed by atoms with Crippen LogP contribution < -0.4 is 21.4 Å². The predicted molar refractivity (Wildman–Crippen MR) is 62.7 cm³/mol. The summed E-state index contributed by atoms with van der Waals surface area (Å²) < 4.78 is 0. The maximum atomic E-state index is 4.96. The van der Waals surface area contributed by atoms with Crippen LogP contribution in [0.2, 0.25) is 0 Å². The maximum Gasteiger partial charge on any atom is 0.128 e. The Morgan fingerprint density at radius 2 is 1.94 bits per heavy atom. The molecule has 3 saturated heterocycles. The molecule has 0 aliphatic carbocycles. The molecular formula is C11H22N5. The molecule has 3 heterocycles. The standard InChI is InChI=1S/C11H22N5/c1-2-5-14-11(4-1,10-12-7-8-13-10)16-9-3-6-15-16/h10,12-13,15H,1-9H2. The summed E-state index contributed by atoms with van der Waals surface area (Å²) in [5.74, 6) is 0. The van der Waals surface area contributed by atoms with Crippen molar-refractivity contribution in [1.82, 2.24) is 26.4 Å². The van der Waals surface area contributed by atoms with Crippen LogP contribution in [0.25, 0.3) is 0 Å². The van der Waals surface area contributed by atoms with Crippen LogP contribution in [0.1, 0.15) is 25.7 Å². The van der Waals surface area contributed by atoms with Crippen LogP contribution in [-0.2, 0) is 0 Å². The van der Waals surface area contributed by atoms with Gasteiger partial charge in [-0.05, 0) is 25.7 Å². The molecule has 1 radical (unpaired) electrons. The molecule has 0 aromatic carbocycles. The van der Waals surface area contributed by atoms with Crippen LogP contribution >= 0.6 is 0 Å². The zero-order valence-corrected chi connectivity index (χ0v) is 9.84. The highest BCUT2D eigenvalue weighted by atomic mass is 15.6. The average molecular weight is 224 g/mol. The lowest BCUT2D eigenvalue weighted by Gasteiger charge is -2.47. The molecule has 16 heavy (non-hydrogen) atoms. The third-order valence-electron chi connectivity index (χ3n) is 3.95. The lowest BCUT2D eigenvalue weighted by molar-refractivity contribution is -0.0236. The Hall–Kier alpha value is -0.200. The van der Waals surface area contributed by atoms with Crippen LogP contribution in [0.4, 0.5) is 0 Å². The molecule has 0 amide bonds. The Balaban J connectivity index is 1.79. The molecular weight excluding hydrogens is 202 g/mol. The van der Waals surface area contributed by atoms with Gasteiger partial charge in [0.15, 0.2) is 0 Å². The van der Waals surface area contributed by atoms with E-state index in [-0.39, 0.29) is 5.66 Å². The third kappa shape index (κ3) is 1.76. The molecule has 1 unspecified atom stereocenters. The Labute approximate surface area is 97.3 Å². The molecule has 0 spiro atoms. The van der Waals surface area contributed by atoms with Crippen molar-refractivity contribution in [2.75, 3.05) is 32.7 Å². The van der Waals surface area contributed by atoms with Crippen LogP contribution in [0, 0.1) is 0 Å². The van der Waals surface area contributed by atoms with E-state index in [9.17, 15) is 0 Å². The van der Waals surface area contributed by atoms with Crippen molar-refractivity contribution in [1.29, 1.82) is 0 Å². The van der Waals surface area contributed by atoms with Crippen molar-refractivity contribution >= 4 is 0 Å². The van der Waals surface area contributed by atoms with E-state index in [0.717, 1.165) is 32.7 Å². The van der Waals surface area contributed by atoms with E-state index in [1.165, 1.54) is 25.7 Å². The first-order chi connectivity index (χ1) is 7.92. The predicted octanol–water partition coefficient (Wildman–Crippen LogP) is -0.800. The number of hydrogen-bond acceptors (Lipinski definition) is 4. The molecule has 0 bridgehead atoms. The van der Waals surface area contributed by atoms with E-state index in [1.807, 2.05) is 0 Å². The quantitative estimate of drug-likeness (QED) is 0.575. The highest BCUT2D eigenvalue weighted by Gasteiger charge is 2.47. The summed E-state index contributed by atoms with van der Waals surface area (Å²) in [5.41, 5.74) is 3.47. The number of hydrogen-bond donors (Lipinski definition) is 3. The van der Waals surface area contributed by atoms with Gasteiger partial charge in [-0.1, -0.05) is 0 Å². The first kappa shape index (κ1) is 10.9. The SMILES string of the molecule is C1CCC(C2NCCN2)(N2CCCN2)[N]C1. The molecule has 3 fully saturated rings. The molecule has 0 aromatic heterocycles. The van der Waals surface area contributed by atoms with E-state index >= 15 is 0 Å². The maximum absolute atomic E-state index is 4.96. The number of rotatable bonds is 2. The second kappa shape index (κ2) is 4.58. The fourth-order valence-corrected chi connectivity index (χ4v) is 3.15. The van der Waals surface area contributed by atoms with Crippen LogP contribution in [0.5, 0.6) is 0 Å². The molecule has 91 valence electrons. The average Bonchev–Trinajstić information content (AvgIpc) is 3.04. The molecule has 0 saturated carbocycles. The van der Waals surface area contributed by atoms with Crippen LogP contribution in [-0.4, -0.2) is 49.6 Å². The molecule has 5 nitrogen and oxygen atoms in total. The summed E-state index contributed by atoms with van der Waals surface area (Å²) in [4.78, 5) is 0. The van der Waals surface area contributed by atoms with Gasteiger partial charge in [0, 0.05) is 32.7 Å². The molecule has 3 aliphatic rings. The molecule has 3 N–H and O–H groups in total. The Morgan fingerprint density at radius 1 is 1.06 bits per heavy atom. The smallest absolute Gasteiger partial charge is 0.128 e. The summed E-state index contributed by atoms with van der Waals surface area (Å²) in [6.07, 6.45) is 5.29. The normalized spacial score (nSPS) is 38.2. The Bertz CT molecular complexity index is 209. The Morgan fingerprint density at radius 3 is 2.56 bits per heavy atom. The number of nitrogens with zero attached hydrogens (tertiary/aromatic N) is 2. The first-order valence-electron chi connectivity index (χ1n) is 6.58. The number of hydrazine groups is 1. The van der Waals surface area contributed by atoms with E-state index in [0.29, 0.717) is 6.17 Å². The monoisotopic (exact) mass is 224 g/mol. The van der Waals surface area contributed by atoms with Crippen molar-refractivity contribution in [2.45, 2.75) is 37.5 Å². The summed E-state index contributed by atoms with van der Waals surface area (Å²) in [6.45, 7) is 5.37. The fourth-order valence-electron chi connectivity index (χ4n) is 3.15. The van der Waals surface area contributed by atoms with Gasteiger partial charge >= 0.3 is 0 Å². The molecule has 3 aliphatic heterocycles. The minimum Gasteiger partial charge on any atom is -0.298 e. The summed E-state index contributed by atoms with van der Waals surface area (Å²) >= 11 is 0. The highest BCUT2D eigenvalue weighted by Crippen LogP contribution is 2.29. The first-order valence-corrected chi connectivity index (χ1v) is 6.58. The van der Waals surface area contributed by atoms with Gasteiger partial charge in [0.05, 0.1) is 6.17 Å². The van der Waals surface area contributed by atoms with Gasteiger partial charge in [0.25, 0.3) is 0 Å². The van der Waals surface area contributed by atoms with Gasteiger partial charge in [-0.2, -0.15) is 0 Å². The van der Waals surface area contributed by atoms with E-state index in [1.54, 1.807) is 0 Å². The van der Waals surface area contributed by atoms with Gasteiger partial charge in [-0.15, -0.1) is 0 Å². The molecule has 1 atom stereocenters. The van der Waals surface area contributed by atoms with Crippen molar-refractivity contribution in [3.8, 4) is 0 Å². The topological polar surface area (TPSA) is 53.4 Å². The van der Waals surface area contributed by atoms with Crippen molar-refractivity contribution in [3.05, 3.63) is 0 Å². The van der Waals surface area contributed by atoms with Gasteiger partial charge < -0.3 is 0 Å². The second-order valence-electron chi connectivity index (χ2n) is 4.97. The van der Waals surface area contributed by atoms with Crippen molar-refractivity contribution in [3.63, 3.8) is 0 Å². The van der Waals surface area contributed by atoms with Crippen molar-refractivity contribution in [2.24, 2.45) is 0 Å². The van der Waals surface area contributed by atoms with Gasteiger partial charge in [0.2, 0.25) is 0 Å². The summed E-state index contributed by atoms with van der Waals surface area (Å²) in [5, 5.41) is 14.5. The van der Waals surface area contributed by atoms with Crippen LogP contribution in [0.3, 0.4) is 0 Å². The lowest BCUT2D eigenvalue weighted by atomic mass is 9.94. The van der Waals surface area contributed by atoms with E-state index < -0.39 is 0 Å². The highest BCUT2D eigenvalue weighted by molar-refractivity contribution is 5.01. The third-order valence-corrected chi connectivity index (χ3v) is 3.95. The fraction of sp³-hybridized carbons (Fsp3) is 1.00. The summed E-state index contributed by atoms with van der Waals surface area (Å²) in [7, 11) is 0. The van der Waals surface area contributed by atoms with Gasteiger partial charge in [-0.25, -0.2) is 10.3 Å². The van der Waals surface area contributed by atoms with Crippen molar-refractivity contribution < 1.29 is 0 Å². The molecule has 5 heteroatoms. The minimum atomic E-state index is -0.0365. The minimum absolute atomic E-state index is 0.0365. The van der Waals surface area contributed by atoms with Gasteiger partial charge in [-0.3, -0.25) is 16.1 Å². The molecule has 3 rings (SSSR count). The zero-order valence-electron chi connectivity index (χ0n) is 9.84. The number of nitrogens with one attached hydrogen (secondary N) is 3. The Kier molecular flexibility index (Phi) is 3.13. The number of piperidine rings is 1.